The quantitative estimate of drug-likeness (QED) is 0.689. The molecular formula is C21H20F2N4O. The second-order valence-electron chi connectivity index (χ2n) is 6.25. The van der Waals surface area contributed by atoms with E-state index in [1.54, 1.807) is 6.92 Å². The average Bonchev–Trinajstić information content (AvgIpc) is 2.69. The molecule has 2 aromatic carbocycles. The number of nitrogens with one attached hydrogen (secondary N) is 1. The number of hydrogen-bond donors (Lipinski definition) is 1. The first-order valence-electron chi connectivity index (χ1n) is 8.88. The maximum absolute atomic E-state index is 13.8. The van der Waals surface area contributed by atoms with Crippen molar-refractivity contribution in [3.05, 3.63) is 83.2 Å². The molecule has 0 aliphatic carbocycles. The van der Waals surface area contributed by atoms with Gasteiger partial charge in [0.1, 0.15) is 23.0 Å². The second-order valence-corrected chi connectivity index (χ2v) is 6.25. The maximum atomic E-state index is 13.8. The van der Waals surface area contributed by atoms with Crippen LogP contribution in [0.2, 0.25) is 0 Å². The molecule has 0 unspecified atom stereocenters. The molecule has 5 nitrogen and oxygen atoms in total. The number of carbonyl (C=O) groups excluding carboxylic acids is 1. The molecule has 7 heteroatoms. The van der Waals surface area contributed by atoms with Gasteiger partial charge in [0.2, 0.25) is 5.95 Å². The first-order chi connectivity index (χ1) is 13.5. The highest BCUT2D eigenvalue weighted by atomic mass is 19.1. The predicted octanol–water partition coefficient (Wildman–Crippen LogP) is 4.34. The number of para-hydroxylation sites is 1. The van der Waals surface area contributed by atoms with E-state index in [0.29, 0.717) is 24.7 Å². The molecule has 3 aromatic rings. The molecule has 0 aliphatic rings. The number of aromatic nitrogens is 2. The highest BCUT2D eigenvalue weighted by molar-refractivity contribution is 6.03. The van der Waals surface area contributed by atoms with Gasteiger partial charge in [0.15, 0.2) is 0 Å². The van der Waals surface area contributed by atoms with E-state index >= 15 is 0 Å². The summed E-state index contributed by atoms with van der Waals surface area (Å²) in [5, 5.41) is 2.26. The molecule has 0 aliphatic heterocycles. The van der Waals surface area contributed by atoms with E-state index in [-0.39, 0.29) is 5.69 Å². The van der Waals surface area contributed by atoms with Crippen LogP contribution in [0.25, 0.3) is 0 Å². The molecule has 1 amide bonds. The summed E-state index contributed by atoms with van der Waals surface area (Å²) >= 11 is 0. The molecule has 0 spiro atoms. The van der Waals surface area contributed by atoms with Gasteiger partial charge in [-0.15, -0.1) is 0 Å². The summed E-state index contributed by atoms with van der Waals surface area (Å²) in [6.07, 6.45) is 0. The van der Waals surface area contributed by atoms with Crippen LogP contribution in [0.4, 0.5) is 20.4 Å². The average molecular weight is 382 g/mol. The minimum atomic E-state index is -0.849. The van der Waals surface area contributed by atoms with Crippen LogP contribution in [-0.2, 0) is 6.54 Å². The van der Waals surface area contributed by atoms with Crippen LogP contribution in [0.5, 0.6) is 0 Å². The fraction of sp³-hybridized carbons (Fsp3) is 0.190. The molecule has 144 valence electrons. The summed E-state index contributed by atoms with van der Waals surface area (Å²) in [7, 11) is 0. The van der Waals surface area contributed by atoms with E-state index in [4.69, 9.17) is 0 Å². The molecule has 1 aromatic heterocycles. The van der Waals surface area contributed by atoms with E-state index in [0.717, 1.165) is 17.7 Å². The Morgan fingerprint density at radius 2 is 1.71 bits per heavy atom. The van der Waals surface area contributed by atoms with Gasteiger partial charge in [0.25, 0.3) is 5.91 Å². The van der Waals surface area contributed by atoms with Gasteiger partial charge in [-0.05, 0) is 37.6 Å². The van der Waals surface area contributed by atoms with E-state index < -0.39 is 23.2 Å². The summed E-state index contributed by atoms with van der Waals surface area (Å²) in [6.45, 7) is 4.90. The smallest absolute Gasteiger partial charge is 0.274 e. The molecule has 0 saturated heterocycles. The Kier molecular flexibility index (Phi) is 5.93. The molecule has 0 atom stereocenters. The molecule has 28 heavy (non-hydrogen) atoms. The van der Waals surface area contributed by atoms with Gasteiger partial charge in [-0.1, -0.05) is 36.4 Å². The number of hydrogen-bond acceptors (Lipinski definition) is 4. The van der Waals surface area contributed by atoms with Crippen molar-refractivity contribution >= 4 is 17.5 Å². The lowest BCUT2D eigenvalue weighted by Gasteiger charge is -2.21. The fourth-order valence-corrected chi connectivity index (χ4v) is 2.73. The lowest BCUT2D eigenvalue weighted by atomic mass is 10.2. The van der Waals surface area contributed by atoms with Crippen LogP contribution in [-0.4, -0.2) is 22.4 Å². The Morgan fingerprint density at radius 1 is 1.04 bits per heavy atom. The van der Waals surface area contributed by atoms with Crippen LogP contribution >= 0.6 is 0 Å². The summed E-state index contributed by atoms with van der Waals surface area (Å²) < 4.78 is 27.6. The van der Waals surface area contributed by atoms with Crippen LogP contribution in [0.1, 0.15) is 28.7 Å². The number of carbonyl (C=O) groups is 1. The molecule has 0 radical (unpaired) electrons. The van der Waals surface area contributed by atoms with Crippen LogP contribution in [0.15, 0.2) is 54.6 Å². The largest absolute Gasteiger partial charge is 0.337 e. The molecule has 0 saturated carbocycles. The Morgan fingerprint density at radius 3 is 2.36 bits per heavy atom. The number of rotatable bonds is 6. The fourth-order valence-electron chi connectivity index (χ4n) is 2.73. The van der Waals surface area contributed by atoms with Crippen molar-refractivity contribution in [1.29, 1.82) is 0 Å². The first kappa shape index (κ1) is 19.4. The standard InChI is InChI=1S/C21H20F2N4O/c1-3-27(13-15-8-5-4-6-9-15)21-24-14(2)12-18(25-21)20(28)26-19-16(22)10-7-11-17(19)23/h4-12H,3,13H2,1-2H3,(H,26,28). The van der Waals surface area contributed by atoms with Gasteiger partial charge in [0, 0.05) is 18.8 Å². The summed E-state index contributed by atoms with van der Waals surface area (Å²) in [6, 6.07) is 14.7. The number of aryl methyl sites for hydroxylation is 1. The number of benzene rings is 2. The van der Waals surface area contributed by atoms with Crippen LogP contribution in [0.3, 0.4) is 0 Å². The highest BCUT2D eigenvalue weighted by Crippen LogP contribution is 2.20. The van der Waals surface area contributed by atoms with Crippen LogP contribution in [0, 0.1) is 18.6 Å². The third-order valence-electron chi connectivity index (χ3n) is 4.16. The van der Waals surface area contributed by atoms with Gasteiger partial charge < -0.3 is 10.2 Å². The molecule has 1 heterocycles. The molecule has 0 fully saturated rings. The van der Waals surface area contributed by atoms with Crippen molar-refractivity contribution in [2.75, 3.05) is 16.8 Å². The van der Waals surface area contributed by atoms with Crippen molar-refractivity contribution in [2.24, 2.45) is 0 Å². The molecule has 0 bridgehead atoms. The highest BCUT2D eigenvalue weighted by Gasteiger charge is 2.17. The van der Waals surface area contributed by atoms with Gasteiger partial charge in [-0.25, -0.2) is 18.7 Å². The van der Waals surface area contributed by atoms with Crippen molar-refractivity contribution in [3.63, 3.8) is 0 Å². The van der Waals surface area contributed by atoms with Gasteiger partial charge in [0.05, 0.1) is 0 Å². The first-order valence-corrected chi connectivity index (χ1v) is 8.88. The summed E-state index contributed by atoms with van der Waals surface area (Å²) in [4.78, 5) is 23.2. The minimum Gasteiger partial charge on any atom is -0.337 e. The lowest BCUT2D eigenvalue weighted by molar-refractivity contribution is 0.102. The SMILES string of the molecule is CCN(Cc1ccccc1)c1nc(C)cc(C(=O)Nc2c(F)cccc2F)n1. The van der Waals surface area contributed by atoms with Crippen molar-refractivity contribution < 1.29 is 13.6 Å². The number of halogens is 2. The Hall–Kier alpha value is -3.35. The number of amides is 1. The van der Waals surface area contributed by atoms with Gasteiger partial charge >= 0.3 is 0 Å². The van der Waals surface area contributed by atoms with Crippen molar-refractivity contribution in [2.45, 2.75) is 20.4 Å². The monoisotopic (exact) mass is 382 g/mol. The maximum Gasteiger partial charge on any atom is 0.274 e. The summed E-state index contributed by atoms with van der Waals surface area (Å²) in [5.74, 6) is -2.02. The van der Waals surface area contributed by atoms with Crippen LogP contribution < -0.4 is 10.2 Å². The van der Waals surface area contributed by atoms with Gasteiger partial charge in [-0.3, -0.25) is 4.79 Å². The Bertz CT molecular complexity index is 959. The molecule has 1 N–H and O–H groups in total. The second kappa shape index (κ2) is 8.56. The Balaban J connectivity index is 1.87. The zero-order valence-electron chi connectivity index (χ0n) is 15.6. The normalized spacial score (nSPS) is 10.6. The minimum absolute atomic E-state index is 0.0386. The van der Waals surface area contributed by atoms with E-state index in [1.807, 2.05) is 42.2 Å². The predicted molar refractivity (Wildman–Crippen MR) is 104 cm³/mol. The Labute approximate surface area is 162 Å². The molecule has 3 rings (SSSR count). The third kappa shape index (κ3) is 4.49. The third-order valence-corrected chi connectivity index (χ3v) is 4.16. The van der Waals surface area contributed by atoms with Crippen molar-refractivity contribution in [3.8, 4) is 0 Å². The zero-order valence-corrected chi connectivity index (χ0v) is 15.6. The number of anilines is 2. The topological polar surface area (TPSA) is 58.1 Å². The summed E-state index contributed by atoms with van der Waals surface area (Å²) in [5.41, 5.74) is 1.20. The number of nitrogens with zero attached hydrogens (tertiary/aromatic N) is 3. The van der Waals surface area contributed by atoms with E-state index in [9.17, 15) is 13.6 Å². The lowest BCUT2D eigenvalue weighted by Crippen LogP contribution is -2.26. The molecular weight excluding hydrogens is 362 g/mol. The zero-order chi connectivity index (χ0) is 20.1. The van der Waals surface area contributed by atoms with Gasteiger partial charge in [-0.2, -0.15) is 0 Å². The van der Waals surface area contributed by atoms with E-state index in [2.05, 4.69) is 15.3 Å². The van der Waals surface area contributed by atoms with E-state index in [1.165, 1.54) is 12.1 Å². The van der Waals surface area contributed by atoms with Crippen molar-refractivity contribution in [1.82, 2.24) is 9.97 Å².